The van der Waals surface area contributed by atoms with E-state index >= 15 is 0 Å². The molecule has 0 unspecified atom stereocenters. The third kappa shape index (κ3) is 5.12. The van der Waals surface area contributed by atoms with E-state index in [0.29, 0.717) is 23.8 Å². The van der Waals surface area contributed by atoms with Gasteiger partial charge in [0.25, 0.3) is 5.91 Å². The van der Waals surface area contributed by atoms with Crippen LogP contribution >= 0.6 is 35.1 Å². The van der Waals surface area contributed by atoms with Crippen LogP contribution in [0.3, 0.4) is 0 Å². The van der Waals surface area contributed by atoms with Crippen LogP contribution in [0.5, 0.6) is 5.75 Å². The minimum Gasteiger partial charge on any atom is -0.492 e. The number of hydrogen-bond acceptors (Lipinski definition) is 8. The zero-order valence-electron chi connectivity index (χ0n) is 18.2. The molecule has 1 aliphatic heterocycles. The van der Waals surface area contributed by atoms with Crippen molar-refractivity contribution < 1.29 is 14.3 Å². The Morgan fingerprint density at radius 1 is 1.21 bits per heavy atom. The molecule has 1 amide bonds. The fraction of sp³-hybridized carbons (Fsp3) is 0.348. The number of hydrogen-bond donors (Lipinski definition) is 0. The Morgan fingerprint density at radius 3 is 2.88 bits per heavy atom. The van der Waals surface area contributed by atoms with E-state index in [1.807, 2.05) is 43.3 Å². The molecule has 4 aromatic rings. The predicted molar refractivity (Wildman–Crippen MR) is 137 cm³/mol. The van der Waals surface area contributed by atoms with Gasteiger partial charge in [0.2, 0.25) is 0 Å². The molecule has 7 nitrogen and oxygen atoms in total. The Hall–Kier alpha value is -2.30. The van der Waals surface area contributed by atoms with Crippen molar-refractivity contribution in [3.63, 3.8) is 0 Å². The highest BCUT2D eigenvalue weighted by molar-refractivity contribution is 7.22. The second-order valence-electron chi connectivity index (χ2n) is 7.48. The number of ether oxygens (including phenoxy) is 2. The number of aromatic nitrogens is 2. The van der Waals surface area contributed by atoms with Gasteiger partial charge in [-0.25, -0.2) is 9.97 Å². The Kier molecular flexibility index (Phi) is 7.77. The van der Waals surface area contributed by atoms with Gasteiger partial charge in [0.15, 0.2) is 5.13 Å². The van der Waals surface area contributed by atoms with Crippen LogP contribution in [-0.2, 0) is 4.74 Å². The van der Waals surface area contributed by atoms with Gasteiger partial charge in [0.05, 0.1) is 40.2 Å². The highest BCUT2D eigenvalue weighted by Gasteiger charge is 2.24. The van der Waals surface area contributed by atoms with Crippen LogP contribution in [0.1, 0.15) is 17.3 Å². The Balaban J connectivity index is 0.00000259. The minimum absolute atomic E-state index is 0. The lowest BCUT2D eigenvalue weighted by atomic mass is 10.2. The summed E-state index contributed by atoms with van der Waals surface area (Å²) in [6, 6.07) is 11.6. The highest BCUT2D eigenvalue weighted by atomic mass is 35.5. The van der Waals surface area contributed by atoms with Gasteiger partial charge in [-0.3, -0.25) is 14.6 Å². The predicted octanol–water partition coefficient (Wildman–Crippen LogP) is 4.71. The number of morpholine rings is 1. The summed E-state index contributed by atoms with van der Waals surface area (Å²) in [5.41, 5.74) is 4.16. The summed E-state index contributed by atoms with van der Waals surface area (Å²) in [5.74, 6) is 0.699. The van der Waals surface area contributed by atoms with Crippen LogP contribution in [-0.4, -0.2) is 66.8 Å². The lowest BCUT2D eigenvalue weighted by molar-refractivity contribution is 0.0391. The smallest absolute Gasteiger partial charge is 0.260 e. The third-order valence-electron chi connectivity index (χ3n) is 5.47. The zero-order valence-corrected chi connectivity index (χ0v) is 20.7. The van der Waals surface area contributed by atoms with Gasteiger partial charge in [0, 0.05) is 31.7 Å². The van der Waals surface area contributed by atoms with Gasteiger partial charge in [-0.15, -0.1) is 23.7 Å². The number of rotatable bonds is 7. The van der Waals surface area contributed by atoms with Gasteiger partial charge < -0.3 is 9.47 Å². The van der Waals surface area contributed by atoms with Crippen molar-refractivity contribution in [2.24, 2.45) is 0 Å². The van der Waals surface area contributed by atoms with E-state index in [9.17, 15) is 4.79 Å². The maximum absolute atomic E-state index is 13.7. The van der Waals surface area contributed by atoms with E-state index in [-0.39, 0.29) is 18.3 Å². The van der Waals surface area contributed by atoms with E-state index < -0.39 is 0 Å². The SMILES string of the molecule is CCOc1cccc2sc(N(CCN3CCOCC3)C(=O)c3ccc4ncsc4c3)nc12.Cl. The highest BCUT2D eigenvalue weighted by Crippen LogP contribution is 2.35. The topological polar surface area (TPSA) is 67.8 Å². The summed E-state index contributed by atoms with van der Waals surface area (Å²) in [4.78, 5) is 27.0. The first kappa shape index (κ1) is 23.8. The molecule has 0 aliphatic carbocycles. The van der Waals surface area contributed by atoms with Crippen molar-refractivity contribution in [2.75, 3.05) is 50.9 Å². The Bertz CT molecular complexity index is 1240. The lowest BCUT2D eigenvalue weighted by Gasteiger charge is -2.29. The molecule has 5 rings (SSSR count). The van der Waals surface area contributed by atoms with Gasteiger partial charge in [-0.1, -0.05) is 17.4 Å². The molecule has 2 aromatic carbocycles. The Morgan fingerprint density at radius 2 is 2.06 bits per heavy atom. The Labute approximate surface area is 206 Å². The monoisotopic (exact) mass is 504 g/mol. The van der Waals surface area contributed by atoms with Gasteiger partial charge in [0.1, 0.15) is 11.3 Å². The number of anilines is 1. The molecule has 3 heterocycles. The summed E-state index contributed by atoms with van der Waals surface area (Å²) in [6.45, 7) is 7.08. The number of halogens is 1. The molecule has 1 saturated heterocycles. The van der Waals surface area contributed by atoms with Crippen molar-refractivity contribution in [1.29, 1.82) is 0 Å². The number of carbonyl (C=O) groups is 1. The number of carbonyl (C=O) groups excluding carboxylic acids is 1. The van der Waals surface area contributed by atoms with Gasteiger partial charge in [-0.2, -0.15) is 0 Å². The zero-order chi connectivity index (χ0) is 21.9. The first-order valence-corrected chi connectivity index (χ1v) is 12.4. The van der Waals surface area contributed by atoms with E-state index in [2.05, 4.69) is 9.88 Å². The van der Waals surface area contributed by atoms with Crippen molar-refractivity contribution in [1.82, 2.24) is 14.9 Å². The normalized spacial score (nSPS) is 14.3. The number of amides is 1. The van der Waals surface area contributed by atoms with Gasteiger partial charge in [-0.05, 0) is 37.3 Å². The molecule has 0 radical (unpaired) electrons. The van der Waals surface area contributed by atoms with E-state index in [4.69, 9.17) is 14.5 Å². The maximum Gasteiger partial charge on any atom is 0.260 e. The summed E-state index contributed by atoms with van der Waals surface area (Å²) >= 11 is 3.06. The molecule has 0 atom stereocenters. The molecule has 174 valence electrons. The molecule has 1 aliphatic rings. The van der Waals surface area contributed by atoms with Crippen molar-refractivity contribution >= 4 is 66.6 Å². The molecule has 33 heavy (non-hydrogen) atoms. The second kappa shape index (κ2) is 10.8. The lowest BCUT2D eigenvalue weighted by Crippen LogP contribution is -2.43. The van der Waals surface area contributed by atoms with Crippen LogP contribution in [0, 0.1) is 0 Å². The maximum atomic E-state index is 13.7. The standard InChI is InChI=1S/C23H24N4O3S2.ClH/c1-2-30-18-4-3-5-19-21(18)25-23(32-19)27(9-8-26-10-12-29-13-11-26)22(28)16-6-7-17-20(14-16)31-15-24-17;/h3-7,14-15H,2,8-13H2,1H3;1H. The summed E-state index contributed by atoms with van der Waals surface area (Å²) in [7, 11) is 0. The van der Waals surface area contributed by atoms with Crippen molar-refractivity contribution in [3.05, 3.63) is 47.5 Å². The number of thiazole rings is 2. The molecule has 0 saturated carbocycles. The van der Waals surface area contributed by atoms with Crippen molar-refractivity contribution in [2.45, 2.75) is 6.92 Å². The third-order valence-corrected chi connectivity index (χ3v) is 7.30. The molecule has 2 aromatic heterocycles. The fourth-order valence-corrected chi connectivity index (χ4v) is 5.52. The molecular formula is C23H25ClN4O3S2. The number of para-hydroxylation sites is 1. The first-order chi connectivity index (χ1) is 15.7. The van der Waals surface area contributed by atoms with Crippen molar-refractivity contribution in [3.8, 4) is 5.75 Å². The number of fused-ring (bicyclic) bond motifs is 2. The van der Waals surface area contributed by atoms with E-state index in [1.54, 1.807) is 21.7 Å². The molecule has 10 heteroatoms. The molecule has 0 spiro atoms. The van der Waals surface area contributed by atoms with E-state index in [0.717, 1.165) is 59.0 Å². The van der Waals surface area contributed by atoms with Crippen LogP contribution in [0.25, 0.3) is 20.4 Å². The van der Waals surface area contributed by atoms with Crippen LogP contribution in [0.15, 0.2) is 41.9 Å². The average molecular weight is 505 g/mol. The van der Waals surface area contributed by atoms with Gasteiger partial charge >= 0.3 is 0 Å². The molecule has 1 fully saturated rings. The van der Waals surface area contributed by atoms with Crippen LogP contribution < -0.4 is 9.64 Å². The molecule has 0 bridgehead atoms. The molecular weight excluding hydrogens is 480 g/mol. The van der Waals surface area contributed by atoms with Crippen LogP contribution in [0.4, 0.5) is 5.13 Å². The minimum atomic E-state index is -0.0504. The first-order valence-electron chi connectivity index (χ1n) is 10.7. The average Bonchev–Trinajstić information content (AvgIpc) is 3.47. The molecule has 0 N–H and O–H groups in total. The summed E-state index contributed by atoms with van der Waals surface area (Å²) in [6.07, 6.45) is 0. The van der Waals surface area contributed by atoms with Crippen LogP contribution in [0.2, 0.25) is 0 Å². The second-order valence-corrected chi connectivity index (χ2v) is 9.37. The summed E-state index contributed by atoms with van der Waals surface area (Å²) < 4.78 is 13.2. The number of benzene rings is 2. The van der Waals surface area contributed by atoms with E-state index in [1.165, 1.54) is 11.3 Å². The largest absolute Gasteiger partial charge is 0.492 e. The fourth-order valence-electron chi connectivity index (χ4n) is 3.79. The summed E-state index contributed by atoms with van der Waals surface area (Å²) in [5, 5.41) is 0.690. The number of nitrogens with zero attached hydrogens (tertiary/aromatic N) is 4. The quantitative estimate of drug-likeness (QED) is 0.363.